The Hall–Kier alpha value is -2.06. The lowest BCUT2D eigenvalue weighted by Crippen LogP contribution is -2.41. The number of amides is 1. The van der Waals surface area contributed by atoms with Gasteiger partial charge in [-0.25, -0.2) is 4.79 Å². The van der Waals surface area contributed by atoms with Crippen LogP contribution in [0.2, 0.25) is 0 Å². The third-order valence-corrected chi connectivity index (χ3v) is 4.62. The molecular formula is C15H15NO5S2. The van der Waals surface area contributed by atoms with E-state index in [1.807, 2.05) is 0 Å². The second-order valence-electron chi connectivity index (χ2n) is 4.67. The van der Waals surface area contributed by atoms with Gasteiger partial charge in [0.05, 0.1) is 19.1 Å². The number of benzene rings is 1. The first kappa shape index (κ1) is 17.3. The molecule has 0 aromatic heterocycles. The lowest BCUT2D eigenvalue weighted by molar-refractivity contribution is -0.144. The number of aliphatic carboxylic acids is 1. The summed E-state index contributed by atoms with van der Waals surface area (Å²) in [6, 6.07) is 4.19. The summed E-state index contributed by atoms with van der Waals surface area (Å²) in [4.78, 5) is 25.0. The van der Waals surface area contributed by atoms with Gasteiger partial charge in [-0.1, -0.05) is 24.0 Å². The van der Waals surface area contributed by atoms with Crippen molar-refractivity contribution in [3.05, 3.63) is 28.7 Å². The largest absolute Gasteiger partial charge is 0.497 e. The topological polar surface area (TPSA) is 76.1 Å². The van der Waals surface area contributed by atoms with Crippen LogP contribution in [0.3, 0.4) is 0 Å². The van der Waals surface area contributed by atoms with Crippen molar-refractivity contribution in [1.29, 1.82) is 0 Å². The molecule has 0 bridgehead atoms. The Bertz CT molecular complexity index is 701. The van der Waals surface area contributed by atoms with Crippen molar-refractivity contribution < 1.29 is 24.2 Å². The van der Waals surface area contributed by atoms with E-state index in [9.17, 15) is 9.59 Å². The number of carbonyl (C=O) groups excluding carboxylic acids is 1. The molecule has 1 aromatic carbocycles. The van der Waals surface area contributed by atoms with Crippen molar-refractivity contribution in [2.24, 2.45) is 0 Å². The molecule has 2 rings (SSSR count). The van der Waals surface area contributed by atoms with Gasteiger partial charge in [-0.3, -0.25) is 9.69 Å². The van der Waals surface area contributed by atoms with Gasteiger partial charge in [0.25, 0.3) is 5.91 Å². The fourth-order valence-corrected chi connectivity index (χ4v) is 3.43. The van der Waals surface area contributed by atoms with Gasteiger partial charge in [0.15, 0.2) is 0 Å². The number of hydrogen-bond donors (Lipinski definition) is 1. The Morgan fingerprint density at radius 2 is 2.09 bits per heavy atom. The highest BCUT2D eigenvalue weighted by molar-refractivity contribution is 8.26. The summed E-state index contributed by atoms with van der Waals surface area (Å²) in [7, 11) is 3.07. The van der Waals surface area contributed by atoms with E-state index < -0.39 is 17.9 Å². The van der Waals surface area contributed by atoms with Crippen molar-refractivity contribution in [1.82, 2.24) is 4.90 Å². The molecule has 1 saturated heterocycles. The maximum absolute atomic E-state index is 12.4. The molecule has 1 amide bonds. The molecule has 1 N–H and O–H groups in total. The van der Waals surface area contributed by atoms with Gasteiger partial charge in [0, 0.05) is 5.56 Å². The van der Waals surface area contributed by atoms with Gasteiger partial charge in [0.1, 0.15) is 21.9 Å². The summed E-state index contributed by atoms with van der Waals surface area (Å²) in [5.41, 5.74) is 0.648. The number of ether oxygens (including phenoxy) is 2. The van der Waals surface area contributed by atoms with E-state index in [0.29, 0.717) is 22.0 Å². The van der Waals surface area contributed by atoms with Crippen molar-refractivity contribution in [3.63, 3.8) is 0 Å². The van der Waals surface area contributed by atoms with Crippen molar-refractivity contribution in [3.8, 4) is 11.5 Å². The predicted molar refractivity (Wildman–Crippen MR) is 91.7 cm³/mol. The van der Waals surface area contributed by atoms with E-state index >= 15 is 0 Å². The minimum Gasteiger partial charge on any atom is -0.497 e. The molecule has 1 unspecified atom stereocenters. The van der Waals surface area contributed by atoms with Crippen LogP contribution in [0.25, 0.3) is 6.08 Å². The molecule has 1 aliphatic rings. The monoisotopic (exact) mass is 353 g/mol. The third-order valence-electron chi connectivity index (χ3n) is 3.29. The van der Waals surface area contributed by atoms with Crippen molar-refractivity contribution in [2.45, 2.75) is 13.0 Å². The Morgan fingerprint density at radius 3 is 2.65 bits per heavy atom. The van der Waals surface area contributed by atoms with E-state index in [-0.39, 0.29) is 4.32 Å². The highest BCUT2D eigenvalue weighted by atomic mass is 32.2. The fourth-order valence-electron chi connectivity index (χ4n) is 2.02. The number of thioether (sulfide) groups is 1. The second kappa shape index (κ2) is 7.01. The third kappa shape index (κ3) is 3.48. The number of thiocarbonyl (C=S) groups is 1. The first-order valence-corrected chi connectivity index (χ1v) is 7.83. The van der Waals surface area contributed by atoms with Gasteiger partial charge >= 0.3 is 5.97 Å². The summed E-state index contributed by atoms with van der Waals surface area (Å²) in [5.74, 6) is -0.352. The maximum atomic E-state index is 12.4. The summed E-state index contributed by atoms with van der Waals surface area (Å²) < 4.78 is 10.7. The molecule has 1 heterocycles. The number of carboxylic acids is 1. The fraction of sp³-hybridized carbons (Fsp3) is 0.267. The summed E-state index contributed by atoms with van der Waals surface area (Å²) in [6.45, 7) is 1.42. The van der Waals surface area contributed by atoms with Gasteiger partial charge in [-0.2, -0.15) is 0 Å². The lowest BCUT2D eigenvalue weighted by Gasteiger charge is -2.18. The van der Waals surface area contributed by atoms with E-state index in [4.69, 9.17) is 26.8 Å². The normalized spacial score (nSPS) is 17.5. The molecular weight excluding hydrogens is 338 g/mol. The van der Waals surface area contributed by atoms with Gasteiger partial charge in [-0.15, -0.1) is 0 Å². The van der Waals surface area contributed by atoms with Crippen LogP contribution < -0.4 is 9.47 Å². The van der Waals surface area contributed by atoms with Gasteiger partial charge in [0.2, 0.25) is 0 Å². The Morgan fingerprint density at radius 1 is 1.39 bits per heavy atom. The molecule has 1 atom stereocenters. The van der Waals surface area contributed by atoms with Crippen LogP contribution >= 0.6 is 24.0 Å². The van der Waals surface area contributed by atoms with Crippen LogP contribution in [-0.4, -0.2) is 46.5 Å². The molecule has 6 nitrogen and oxygen atoms in total. The lowest BCUT2D eigenvalue weighted by atomic mass is 10.1. The molecule has 122 valence electrons. The standard InChI is InChI=1S/C15H15NO5S2/c1-8(14(18)19)16-13(17)12(23-15(16)22)7-9-6-10(20-2)4-5-11(9)21-3/h4-8H,1-3H3,(H,18,19)/b12-7-. The van der Waals surface area contributed by atoms with Crippen LogP contribution in [0.1, 0.15) is 12.5 Å². The first-order valence-electron chi connectivity index (χ1n) is 6.61. The van der Waals surface area contributed by atoms with Crippen LogP contribution in [0.5, 0.6) is 11.5 Å². The minimum atomic E-state index is -1.11. The van der Waals surface area contributed by atoms with E-state index in [1.54, 1.807) is 31.4 Å². The summed E-state index contributed by atoms with van der Waals surface area (Å²) in [6.07, 6.45) is 1.62. The number of rotatable bonds is 5. The molecule has 1 aromatic rings. The first-order chi connectivity index (χ1) is 10.9. The molecule has 1 aliphatic heterocycles. The summed E-state index contributed by atoms with van der Waals surface area (Å²) >= 11 is 6.19. The molecule has 0 radical (unpaired) electrons. The molecule has 0 spiro atoms. The Labute approximate surface area is 143 Å². The Kier molecular flexibility index (Phi) is 5.27. The maximum Gasteiger partial charge on any atom is 0.326 e. The van der Waals surface area contributed by atoms with E-state index in [0.717, 1.165) is 16.7 Å². The molecule has 0 aliphatic carbocycles. The number of hydrogen-bond acceptors (Lipinski definition) is 6. The molecule has 0 saturated carbocycles. The van der Waals surface area contributed by atoms with Crippen LogP contribution in [0.15, 0.2) is 23.1 Å². The average molecular weight is 353 g/mol. The number of carbonyl (C=O) groups is 2. The van der Waals surface area contributed by atoms with E-state index in [2.05, 4.69) is 0 Å². The second-order valence-corrected chi connectivity index (χ2v) is 6.35. The Balaban J connectivity index is 2.39. The van der Waals surface area contributed by atoms with Gasteiger partial charge in [-0.05, 0) is 31.2 Å². The zero-order valence-corrected chi connectivity index (χ0v) is 14.4. The van der Waals surface area contributed by atoms with Crippen molar-refractivity contribution in [2.75, 3.05) is 14.2 Å². The van der Waals surface area contributed by atoms with Crippen LogP contribution in [-0.2, 0) is 9.59 Å². The minimum absolute atomic E-state index is 0.220. The van der Waals surface area contributed by atoms with Crippen molar-refractivity contribution >= 4 is 46.3 Å². The molecule has 8 heteroatoms. The predicted octanol–water partition coefficient (Wildman–Crippen LogP) is 2.38. The van der Waals surface area contributed by atoms with Gasteiger partial charge < -0.3 is 14.6 Å². The van der Waals surface area contributed by atoms with E-state index in [1.165, 1.54) is 14.0 Å². The number of nitrogens with zero attached hydrogens (tertiary/aromatic N) is 1. The number of carboxylic acid groups (broad SMARTS) is 1. The highest BCUT2D eigenvalue weighted by Crippen LogP contribution is 2.36. The SMILES string of the molecule is COc1ccc(OC)c(/C=C2\SC(=S)N(C(C)C(=O)O)C2=O)c1. The summed E-state index contributed by atoms with van der Waals surface area (Å²) in [5, 5.41) is 9.09. The van der Waals surface area contributed by atoms with Crippen LogP contribution in [0.4, 0.5) is 0 Å². The molecule has 23 heavy (non-hydrogen) atoms. The quantitative estimate of drug-likeness (QED) is 0.643. The molecule has 1 fully saturated rings. The highest BCUT2D eigenvalue weighted by Gasteiger charge is 2.38. The zero-order chi connectivity index (χ0) is 17.1. The number of methoxy groups -OCH3 is 2. The zero-order valence-electron chi connectivity index (χ0n) is 12.7. The van der Waals surface area contributed by atoms with Crippen LogP contribution in [0, 0.1) is 0 Å². The smallest absolute Gasteiger partial charge is 0.326 e. The average Bonchev–Trinajstić information content (AvgIpc) is 2.80.